The van der Waals surface area contributed by atoms with Gasteiger partial charge in [0.25, 0.3) is 0 Å². The van der Waals surface area contributed by atoms with Gasteiger partial charge in [-0.3, -0.25) is 4.79 Å². The summed E-state index contributed by atoms with van der Waals surface area (Å²) in [5, 5.41) is 68.7. The number of carbonyl (C=O) groups excluding carboxylic acids is 1. The van der Waals surface area contributed by atoms with Gasteiger partial charge in [0.1, 0.15) is 41.7 Å². The molecule has 1 fully saturated rings. The molecule has 10 heteroatoms. The Morgan fingerprint density at radius 1 is 1.00 bits per heavy atom. The summed E-state index contributed by atoms with van der Waals surface area (Å²) in [4.78, 5) is 12.8. The Balaban J connectivity index is 1.89. The predicted molar refractivity (Wildman–Crippen MR) is 106 cm³/mol. The van der Waals surface area contributed by atoms with E-state index in [-0.39, 0.29) is 22.8 Å². The van der Waals surface area contributed by atoms with Crippen molar-refractivity contribution in [1.82, 2.24) is 0 Å². The highest BCUT2D eigenvalue weighted by Crippen LogP contribution is 2.30. The van der Waals surface area contributed by atoms with E-state index in [0.29, 0.717) is 5.56 Å². The molecule has 2 aromatic rings. The molecular formula is C21H22O10. The lowest BCUT2D eigenvalue weighted by Crippen LogP contribution is -2.60. The van der Waals surface area contributed by atoms with Gasteiger partial charge in [-0.1, -0.05) is 12.1 Å². The highest BCUT2D eigenvalue weighted by atomic mass is 16.7. The van der Waals surface area contributed by atoms with Crippen molar-refractivity contribution < 1.29 is 50.0 Å². The third-order valence-electron chi connectivity index (χ3n) is 4.71. The van der Waals surface area contributed by atoms with Crippen molar-refractivity contribution >= 4 is 11.9 Å². The van der Waals surface area contributed by atoms with Crippen LogP contribution in [0.25, 0.3) is 6.08 Å². The van der Waals surface area contributed by atoms with E-state index in [1.807, 2.05) is 0 Å². The molecule has 0 radical (unpaired) electrons. The number of hydrogen-bond acceptors (Lipinski definition) is 10. The van der Waals surface area contributed by atoms with E-state index in [4.69, 9.17) is 9.47 Å². The third-order valence-corrected chi connectivity index (χ3v) is 4.71. The maximum Gasteiger partial charge on any atom is 0.231 e. The smallest absolute Gasteiger partial charge is 0.231 e. The monoisotopic (exact) mass is 434 g/mol. The highest BCUT2D eigenvalue weighted by Gasteiger charge is 2.45. The molecule has 10 nitrogen and oxygen atoms in total. The third kappa shape index (κ3) is 4.95. The molecule has 2 aromatic carbocycles. The first kappa shape index (κ1) is 22.5. The molecule has 1 aliphatic rings. The Kier molecular flexibility index (Phi) is 6.78. The van der Waals surface area contributed by atoms with E-state index in [9.17, 15) is 40.5 Å². The SMILES string of the molecule is O=C(C(O)=Cc1cccc(O)c1)c1ccc(O)cc1OC1OC(CO)C(O)C(O)C1O. The number of aromatic hydroxyl groups is 2. The van der Waals surface area contributed by atoms with Gasteiger partial charge in [-0.25, -0.2) is 0 Å². The van der Waals surface area contributed by atoms with Crippen molar-refractivity contribution in [2.75, 3.05) is 6.61 Å². The summed E-state index contributed by atoms with van der Waals surface area (Å²) in [6.45, 7) is -0.677. The zero-order valence-corrected chi connectivity index (χ0v) is 16.1. The van der Waals surface area contributed by atoms with Crippen molar-refractivity contribution in [1.29, 1.82) is 0 Å². The number of ether oxygens (including phenoxy) is 2. The largest absolute Gasteiger partial charge is 0.508 e. The number of hydrogen-bond donors (Lipinski definition) is 7. The second-order valence-corrected chi connectivity index (χ2v) is 6.95. The number of carbonyl (C=O) groups is 1. The first-order chi connectivity index (χ1) is 14.7. The number of phenolic OH excluding ortho intramolecular Hbond substituents is 2. The molecule has 31 heavy (non-hydrogen) atoms. The van der Waals surface area contributed by atoms with Crippen LogP contribution in [0.2, 0.25) is 0 Å². The molecule has 1 heterocycles. The molecule has 0 amide bonds. The number of phenols is 2. The summed E-state index contributed by atoms with van der Waals surface area (Å²) in [5.74, 6) is -2.25. The molecule has 0 saturated carbocycles. The minimum Gasteiger partial charge on any atom is -0.508 e. The molecule has 1 aliphatic heterocycles. The molecular weight excluding hydrogens is 412 g/mol. The summed E-state index contributed by atoms with van der Waals surface area (Å²) in [7, 11) is 0. The number of aliphatic hydroxyl groups excluding tert-OH is 5. The minimum absolute atomic E-state index is 0.0646. The molecule has 0 aromatic heterocycles. The standard InChI is InChI=1S/C21H22O10/c22-9-16-18(27)19(28)20(29)21(31-16)30-15-8-12(24)4-5-13(15)17(26)14(25)7-10-2-1-3-11(23)6-10/h1-8,16,18-25,27-29H,9H2. The Morgan fingerprint density at radius 2 is 1.71 bits per heavy atom. The molecule has 7 N–H and O–H groups in total. The first-order valence-corrected chi connectivity index (χ1v) is 9.26. The molecule has 0 bridgehead atoms. The van der Waals surface area contributed by atoms with Crippen LogP contribution in [-0.2, 0) is 4.74 Å². The Hall–Kier alpha value is -3.15. The number of Topliss-reactive ketones (excluding diaryl/α,β-unsaturated/α-hetero) is 1. The van der Waals surface area contributed by atoms with Crippen molar-refractivity contribution in [2.24, 2.45) is 0 Å². The fourth-order valence-corrected chi connectivity index (χ4v) is 3.06. The lowest BCUT2D eigenvalue weighted by molar-refractivity contribution is -0.277. The van der Waals surface area contributed by atoms with E-state index in [0.717, 1.165) is 12.1 Å². The zero-order valence-electron chi connectivity index (χ0n) is 16.1. The van der Waals surface area contributed by atoms with Crippen LogP contribution in [0.5, 0.6) is 17.2 Å². The van der Waals surface area contributed by atoms with Crippen molar-refractivity contribution in [3.05, 3.63) is 59.4 Å². The number of rotatable bonds is 6. The zero-order chi connectivity index (χ0) is 22.7. The highest BCUT2D eigenvalue weighted by molar-refractivity contribution is 6.11. The van der Waals surface area contributed by atoms with Crippen molar-refractivity contribution in [2.45, 2.75) is 30.7 Å². The number of benzene rings is 2. The van der Waals surface area contributed by atoms with Gasteiger partial charge in [0.2, 0.25) is 12.1 Å². The first-order valence-electron chi connectivity index (χ1n) is 9.26. The van der Waals surface area contributed by atoms with Crippen LogP contribution in [0, 0.1) is 0 Å². The van der Waals surface area contributed by atoms with Crippen LogP contribution in [0.1, 0.15) is 15.9 Å². The van der Waals surface area contributed by atoms with Gasteiger partial charge in [-0.2, -0.15) is 0 Å². The molecule has 0 aliphatic carbocycles. The van der Waals surface area contributed by atoms with Crippen LogP contribution in [0.3, 0.4) is 0 Å². The van der Waals surface area contributed by atoms with Gasteiger partial charge < -0.3 is 45.2 Å². The average molecular weight is 434 g/mol. The van der Waals surface area contributed by atoms with Gasteiger partial charge in [0, 0.05) is 6.07 Å². The molecule has 166 valence electrons. The average Bonchev–Trinajstić information content (AvgIpc) is 2.73. The van der Waals surface area contributed by atoms with Gasteiger partial charge in [0.05, 0.1) is 12.2 Å². The molecule has 0 spiro atoms. The topological polar surface area (TPSA) is 177 Å². The summed E-state index contributed by atoms with van der Waals surface area (Å²) >= 11 is 0. The van der Waals surface area contributed by atoms with Crippen LogP contribution in [0.15, 0.2) is 48.2 Å². The van der Waals surface area contributed by atoms with E-state index >= 15 is 0 Å². The number of ketones is 1. The maximum absolute atomic E-state index is 12.8. The fraction of sp³-hybridized carbons (Fsp3) is 0.286. The molecule has 1 saturated heterocycles. The maximum atomic E-state index is 12.8. The Bertz CT molecular complexity index is 970. The summed E-state index contributed by atoms with van der Waals surface area (Å²) in [6, 6.07) is 9.20. The molecule has 3 rings (SSSR count). The summed E-state index contributed by atoms with van der Waals surface area (Å²) < 4.78 is 10.7. The van der Waals surface area contributed by atoms with Gasteiger partial charge in [-0.15, -0.1) is 0 Å². The summed E-state index contributed by atoms with van der Waals surface area (Å²) in [6.07, 6.45) is -6.75. The number of aliphatic hydroxyl groups is 5. The van der Waals surface area contributed by atoms with Gasteiger partial charge >= 0.3 is 0 Å². The predicted octanol–water partition coefficient (Wildman–Crippen LogP) is 0.0583. The lowest BCUT2D eigenvalue weighted by atomic mass is 9.99. The minimum atomic E-state index is -1.74. The second-order valence-electron chi connectivity index (χ2n) is 6.95. The quantitative estimate of drug-likeness (QED) is 0.187. The van der Waals surface area contributed by atoms with Crippen LogP contribution < -0.4 is 4.74 Å². The summed E-state index contributed by atoms with van der Waals surface area (Å²) in [5.41, 5.74) is 0.143. The fourth-order valence-electron chi connectivity index (χ4n) is 3.06. The van der Waals surface area contributed by atoms with Crippen molar-refractivity contribution in [3.8, 4) is 17.2 Å². The Labute approximate surface area is 176 Å². The van der Waals surface area contributed by atoms with E-state index < -0.39 is 48.9 Å². The normalized spacial score (nSPS) is 26.5. The Morgan fingerprint density at radius 3 is 2.39 bits per heavy atom. The lowest BCUT2D eigenvalue weighted by Gasteiger charge is -2.39. The van der Waals surface area contributed by atoms with E-state index in [2.05, 4.69) is 0 Å². The van der Waals surface area contributed by atoms with E-state index in [1.54, 1.807) is 6.07 Å². The van der Waals surface area contributed by atoms with E-state index in [1.165, 1.54) is 30.3 Å². The van der Waals surface area contributed by atoms with Crippen molar-refractivity contribution in [3.63, 3.8) is 0 Å². The van der Waals surface area contributed by atoms with Gasteiger partial charge in [0.15, 0.2) is 5.76 Å². The number of allylic oxidation sites excluding steroid dienone is 1. The second kappa shape index (κ2) is 9.33. The van der Waals surface area contributed by atoms with Crippen LogP contribution in [-0.4, -0.2) is 78.8 Å². The molecule has 5 atom stereocenters. The van der Waals surface area contributed by atoms with Crippen LogP contribution >= 0.6 is 0 Å². The van der Waals surface area contributed by atoms with Gasteiger partial charge in [-0.05, 0) is 35.9 Å². The van der Waals surface area contributed by atoms with Crippen LogP contribution in [0.4, 0.5) is 0 Å². The molecule has 5 unspecified atom stereocenters.